The first kappa shape index (κ1) is 18.0. The van der Waals surface area contributed by atoms with Crippen LogP contribution in [0.1, 0.15) is 5.69 Å². The second kappa shape index (κ2) is 8.10. The van der Waals surface area contributed by atoms with Gasteiger partial charge < -0.3 is 9.72 Å². The van der Waals surface area contributed by atoms with Crippen LogP contribution in [0.15, 0.2) is 82.9 Å². The first-order valence-electron chi connectivity index (χ1n) is 8.86. The third-order valence-corrected chi connectivity index (χ3v) is 5.17. The summed E-state index contributed by atoms with van der Waals surface area (Å²) in [6, 6.07) is 16.4. The molecule has 2 aromatic carbocycles. The molecule has 0 saturated carbocycles. The number of thiazole rings is 1. The monoisotopic (exact) mass is 388 g/mol. The molecule has 4 aromatic rings. The van der Waals surface area contributed by atoms with Crippen LogP contribution in [0.3, 0.4) is 0 Å². The second-order valence-electron chi connectivity index (χ2n) is 6.14. The van der Waals surface area contributed by atoms with Gasteiger partial charge in [0.25, 0.3) is 0 Å². The highest BCUT2D eigenvalue weighted by Gasteiger charge is 2.09. The number of nitrogens with zero attached hydrogens (tertiary/aromatic N) is 3. The Balaban J connectivity index is 1.81. The molecule has 0 fully saturated rings. The van der Waals surface area contributed by atoms with Gasteiger partial charge in [0.2, 0.25) is 4.80 Å². The van der Waals surface area contributed by atoms with Gasteiger partial charge in [0.15, 0.2) is 0 Å². The third-order valence-electron chi connectivity index (χ3n) is 4.32. The van der Waals surface area contributed by atoms with Crippen molar-refractivity contribution in [1.29, 1.82) is 0 Å². The second-order valence-corrected chi connectivity index (χ2v) is 6.98. The van der Waals surface area contributed by atoms with Crippen LogP contribution in [0.2, 0.25) is 0 Å². The maximum Gasteiger partial charge on any atom is 0.206 e. The molecule has 0 aliphatic heterocycles. The van der Waals surface area contributed by atoms with E-state index in [4.69, 9.17) is 4.74 Å². The van der Waals surface area contributed by atoms with Crippen molar-refractivity contribution < 1.29 is 4.74 Å². The predicted octanol–water partition coefficient (Wildman–Crippen LogP) is 4.68. The van der Waals surface area contributed by atoms with Crippen molar-refractivity contribution in [3.63, 3.8) is 0 Å². The SMILES string of the molecule is C=CCN=c1scc(-c2ccc3cc(OC)ccc3c2)n1N=Cc1ccc[nH]1. The molecular weight excluding hydrogens is 368 g/mol. The Morgan fingerprint density at radius 3 is 2.82 bits per heavy atom. The number of aromatic nitrogens is 2. The van der Waals surface area contributed by atoms with E-state index in [1.54, 1.807) is 30.7 Å². The molecule has 0 aliphatic rings. The summed E-state index contributed by atoms with van der Waals surface area (Å²) in [6.07, 6.45) is 5.46. The topological polar surface area (TPSA) is 54.7 Å². The van der Waals surface area contributed by atoms with Gasteiger partial charge in [0, 0.05) is 17.1 Å². The fourth-order valence-corrected chi connectivity index (χ4v) is 3.76. The minimum Gasteiger partial charge on any atom is -0.497 e. The normalized spacial score (nSPS) is 12.1. The van der Waals surface area contributed by atoms with E-state index in [0.717, 1.165) is 38.3 Å². The third kappa shape index (κ3) is 3.68. The van der Waals surface area contributed by atoms with E-state index < -0.39 is 0 Å². The summed E-state index contributed by atoms with van der Waals surface area (Å²) in [5.74, 6) is 0.854. The minimum absolute atomic E-state index is 0.551. The molecule has 5 nitrogen and oxygen atoms in total. The maximum atomic E-state index is 5.32. The van der Waals surface area contributed by atoms with Gasteiger partial charge in [0.05, 0.1) is 31.3 Å². The first-order chi connectivity index (χ1) is 13.8. The smallest absolute Gasteiger partial charge is 0.206 e. The molecule has 140 valence electrons. The minimum atomic E-state index is 0.551. The number of methoxy groups -OCH3 is 1. The number of hydrogen-bond acceptors (Lipinski definition) is 4. The summed E-state index contributed by atoms with van der Waals surface area (Å²) in [6.45, 7) is 4.30. The van der Waals surface area contributed by atoms with E-state index in [2.05, 4.69) is 51.3 Å². The lowest BCUT2D eigenvalue weighted by Crippen LogP contribution is -2.12. The van der Waals surface area contributed by atoms with Gasteiger partial charge >= 0.3 is 0 Å². The molecule has 0 aliphatic carbocycles. The zero-order valence-corrected chi connectivity index (χ0v) is 16.3. The lowest BCUT2D eigenvalue weighted by atomic mass is 10.1. The van der Waals surface area contributed by atoms with Crippen molar-refractivity contribution in [2.75, 3.05) is 13.7 Å². The number of fused-ring (bicyclic) bond motifs is 1. The standard InChI is InChI=1S/C22H20N4OS/c1-3-10-24-22-26(25-14-19-5-4-11-23-19)21(15-28-22)18-7-6-17-13-20(27-2)9-8-16(17)12-18/h3-9,11-15,23H,1,10H2,2H3. The van der Waals surface area contributed by atoms with E-state index in [1.165, 1.54) is 0 Å². The Morgan fingerprint density at radius 1 is 1.18 bits per heavy atom. The highest BCUT2D eigenvalue weighted by Crippen LogP contribution is 2.27. The van der Waals surface area contributed by atoms with E-state index in [-0.39, 0.29) is 0 Å². The average molecular weight is 388 g/mol. The van der Waals surface area contributed by atoms with Crippen molar-refractivity contribution in [1.82, 2.24) is 9.66 Å². The Hall–Kier alpha value is -3.38. The van der Waals surface area contributed by atoms with Crippen LogP contribution in [0, 0.1) is 0 Å². The molecule has 0 atom stereocenters. The lowest BCUT2D eigenvalue weighted by molar-refractivity contribution is 0.415. The van der Waals surface area contributed by atoms with Crippen molar-refractivity contribution in [3.8, 4) is 17.0 Å². The molecule has 0 saturated heterocycles. The maximum absolute atomic E-state index is 5.32. The van der Waals surface area contributed by atoms with Gasteiger partial charge in [-0.1, -0.05) is 24.3 Å². The average Bonchev–Trinajstić information content (AvgIpc) is 3.39. The first-order valence-corrected chi connectivity index (χ1v) is 9.74. The van der Waals surface area contributed by atoms with Crippen molar-refractivity contribution in [2.45, 2.75) is 0 Å². The molecule has 4 rings (SSSR count). The highest BCUT2D eigenvalue weighted by atomic mass is 32.1. The summed E-state index contributed by atoms with van der Waals surface area (Å²) in [7, 11) is 1.68. The zero-order chi connectivity index (χ0) is 19.3. The fraction of sp³-hybridized carbons (Fsp3) is 0.0909. The molecule has 2 aromatic heterocycles. The van der Waals surface area contributed by atoms with E-state index >= 15 is 0 Å². The fourth-order valence-electron chi connectivity index (χ4n) is 2.91. The molecule has 0 bridgehead atoms. The number of ether oxygens (including phenoxy) is 1. The summed E-state index contributed by atoms with van der Waals surface area (Å²) >= 11 is 1.56. The predicted molar refractivity (Wildman–Crippen MR) is 116 cm³/mol. The van der Waals surface area contributed by atoms with Crippen LogP contribution in [-0.2, 0) is 0 Å². The summed E-state index contributed by atoms with van der Waals surface area (Å²) in [4.78, 5) is 8.54. The molecule has 0 amide bonds. The number of hydrogen-bond donors (Lipinski definition) is 1. The number of H-pyrrole nitrogens is 1. The van der Waals surface area contributed by atoms with Crippen molar-refractivity contribution in [2.24, 2.45) is 10.1 Å². The molecule has 2 heterocycles. The Labute approximate surface area is 167 Å². The number of benzene rings is 2. The summed E-state index contributed by atoms with van der Waals surface area (Å²) < 4.78 is 7.19. The van der Waals surface area contributed by atoms with Crippen molar-refractivity contribution >= 4 is 28.3 Å². The molecule has 0 unspecified atom stereocenters. The summed E-state index contributed by atoms with van der Waals surface area (Å²) in [5.41, 5.74) is 3.01. The van der Waals surface area contributed by atoms with Crippen LogP contribution in [-0.4, -0.2) is 29.5 Å². The zero-order valence-electron chi connectivity index (χ0n) is 15.5. The van der Waals surface area contributed by atoms with Crippen LogP contribution in [0.5, 0.6) is 5.75 Å². The lowest BCUT2D eigenvalue weighted by Gasteiger charge is -2.07. The van der Waals surface area contributed by atoms with Gasteiger partial charge in [-0.25, -0.2) is 4.68 Å². The van der Waals surface area contributed by atoms with Crippen LogP contribution in [0.25, 0.3) is 22.0 Å². The largest absolute Gasteiger partial charge is 0.497 e. The molecule has 0 radical (unpaired) electrons. The van der Waals surface area contributed by atoms with E-state index in [9.17, 15) is 0 Å². The van der Waals surface area contributed by atoms with Gasteiger partial charge in [0.1, 0.15) is 5.75 Å². The van der Waals surface area contributed by atoms with Gasteiger partial charge in [-0.2, -0.15) is 5.10 Å². The van der Waals surface area contributed by atoms with E-state index in [0.29, 0.717) is 6.54 Å². The van der Waals surface area contributed by atoms with Gasteiger partial charge in [-0.15, -0.1) is 17.9 Å². The van der Waals surface area contributed by atoms with Crippen LogP contribution >= 0.6 is 11.3 Å². The van der Waals surface area contributed by atoms with Crippen LogP contribution < -0.4 is 9.54 Å². The van der Waals surface area contributed by atoms with Crippen molar-refractivity contribution in [3.05, 3.63) is 83.3 Å². The number of rotatable bonds is 6. The Kier molecular flexibility index (Phi) is 5.21. The molecule has 28 heavy (non-hydrogen) atoms. The van der Waals surface area contributed by atoms with Crippen LogP contribution in [0.4, 0.5) is 0 Å². The molecular formula is C22H20N4OS. The quantitative estimate of drug-likeness (QED) is 0.379. The number of nitrogens with one attached hydrogen (secondary N) is 1. The van der Waals surface area contributed by atoms with Gasteiger partial charge in [-0.05, 0) is 41.1 Å². The Morgan fingerprint density at radius 2 is 2.04 bits per heavy atom. The highest BCUT2D eigenvalue weighted by molar-refractivity contribution is 7.07. The number of aromatic amines is 1. The summed E-state index contributed by atoms with van der Waals surface area (Å²) in [5, 5.41) is 9.03. The molecule has 1 N–H and O–H groups in total. The molecule has 0 spiro atoms. The van der Waals surface area contributed by atoms with E-state index in [1.807, 2.05) is 35.1 Å². The van der Waals surface area contributed by atoms with Gasteiger partial charge in [-0.3, -0.25) is 4.99 Å². The Bertz CT molecular complexity index is 1200. The molecule has 6 heteroatoms.